The molecule has 3 aliphatic heterocycles. The van der Waals surface area contributed by atoms with Crippen molar-refractivity contribution in [3.63, 3.8) is 0 Å². The number of hydrogen-bond donors (Lipinski definition) is 2. The Morgan fingerprint density at radius 1 is 1.12 bits per heavy atom. The minimum absolute atomic E-state index is 0.0765. The zero-order chi connectivity index (χ0) is 11.7. The molecule has 0 saturated carbocycles. The van der Waals surface area contributed by atoms with Crippen molar-refractivity contribution in [3.8, 4) is 0 Å². The summed E-state index contributed by atoms with van der Waals surface area (Å²) in [6, 6.07) is 1.10. The smallest absolute Gasteiger partial charge is 0.237 e. The molecular formula is C13H23N3O. The average Bonchev–Trinajstić information content (AvgIpc) is 2.98. The monoisotopic (exact) mass is 237 g/mol. The molecule has 0 bridgehead atoms. The van der Waals surface area contributed by atoms with Gasteiger partial charge in [0.05, 0.1) is 6.04 Å². The van der Waals surface area contributed by atoms with E-state index in [1.165, 1.54) is 32.4 Å². The van der Waals surface area contributed by atoms with Crippen molar-refractivity contribution in [1.29, 1.82) is 0 Å². The summed E-state index contributed by atoms with van der Waals surface area (Å²) in [5.74, 6) is 0.236. The SMILES string of the molecule is O=C(NC1CCN2CCCCC12)C1CCCN1. The van der Waals surface area contributed by atoms with Gasteiger partial charge in [0.15, 0.2) is 0 Å². The minimum atomic E-state index is 0.0765. The number of hydrogen-bond acceptors (Lipinski definition) is 3. The fourth-order valence-corrected chi connectivity index (χ4v) is 3.61. The lowest BCUT2D eigenvalue weighted by Gasteiger charge is -2.32. The molecule has 0 aromatic heterocycles. The molecule has 4 heteroatoms. The topological polar surface area (TPSA) is 44.4 Å². The van der Waals surface area contributed by atoms with Crippen LogP contribution in [0.1, 0.15) is 38.5 Å². The van der Waals surface area contributed by atoms with Gasteiger partial charge in [0.2, 0.25) is 5.91 Å². The van der Waals surface area contributed by atoms with E-state index in [9.17, 15) is 4.79 Å². The second kappa shape index (κ2) is 4.94. The molecule has 3 fully saturated rings. The molecule has 0 aliphatic carbocycles. The van der Waals surface area contributed by atoms with Gasteiger partial charge >= 0.3 is 0 Å². The molecule has 1 amide bonds. The highest BCUT2D eigenvalue weighted by Gasteiger charge is 2.37. The molecule has 0 spiro atoms. The molecule has 3 unspecified atom stereocenters. The Bertz CT molecular complexity index is 288. The number of carbonyl (C=O) groups is 1. The van der Waals surface area contributed by atoms with Crippen LogP contribution in [0.4, 0.5) is 0 Å². The molecule has 0 aromatic carbocycles. The van der Waals surface area contributed by atoms with Crippen molar-refractivity contribution < 1.29 is 4.79 Å². The number of carbonyl (C=O) groups excluding carboxylic acids is 1. The van der Waals surface area contributed by atoms with Gasteiger partial charge in [0.25, 0.3) is 0 Å². The van der Waals surface area contributed by atoms with E-state index < -0.39 is 0 Å². The van der Waals surface area contributed by atoms with Crippen molar-refractivity contribution in [3.05, 3.63) is 0 Å². The third-order valence-corrected chi connectivity index (χ3v) is 4.56. The maximum atomic E-state index is 12.1. The van der Waals surface area contributed by atoms with Crippen LogP contribution in [0.3, 0.4) is 0 Å². The fraction of sp³-hybridized carbons (Fsp3) is 0.923. The summed E-state index contributed by atoms with van der Waals surface area (Å²) in [6.45, 7) is 3.41. The first-order chi connectivity index (χ1) is 8.34. The van der Waals surface area contributed by atoms with E-state index in [2.05, 4.69) is 15.5 Å². The second-order valence-corrected chi connectivity index (χ2v) is 5.65. The maximum Gasteiger partial charge on any atom is 0.237 e. The average molecular weight is 237 g/mol. The zero-order valence-corrected chi connectivity index (χ0v) is 10.5. The largest absolute Gasteiger partial charge is 0.350 e. The van der Waals surface area contributed by atoms with Gasteiger partial charge in [-0.2, -0.15) is 0 Å². The molecule has 3 atom stereocenters. The van der Waals surface area contributed by atoms with E-state index in [-0.39, 0.29) is 11.9 Å². The summed E-state index contributed by atoms with van der Waals surface area (Å²) in [4.78, 5) is 14.6. The van der Waals surface area contributed by atoms with E-state index in [0.29, 0.717) is 12.1 Å². The van der Waals surface area contributed by atoms with Crippen molar-refractivity contribution in [2.75, 3.05) is 19.6 Å². The van der Waals surface area contributed by atoms with Crippen LogP contribution in [0.15, 0.2) is 0 Å². The normalized spacial score (nSPS) is 38.0. The number of amides is 1. The van der Waals surface area contributed by atoms with Crippen LogP contribution >= 0.6 is 0 Å². The van der Waals surface area contributed by atoms with Gasteiger partial charge in [-0.05, 0) is 45.2 Å². The van der Waals surface area contributed by atoms with Crippen LogP contribution in [-0.4, -0.2) is 48.6 Å². The van der Waals surface area contributed by atoms with E-state index in [4.69, 9.17) is 0 Å². The summed E-state index contributed by atoms with van der Waals surface area (Å²) in [5.41, 5.74) is 0. The zero-order valence-electron chi connectivity index (χ0n) is 10.5. The van der Waals surface area contributed by atoms with Gasteiger partial charge in [-0.15, -0.1) is 0 Å². The third-order valence-electron chi connectivity index (χ3n) is 4.56. The Morgan fingerprint density at radius 3 is 2.88 bits per heavy atom. The lowest BCUT2D eigenvalue weighted by atomic mass is 9.99. The van der Waals surface area contributed by atoms with E-state index >= 15 is 0 Å². The highest BCUT2D eigenvalue weighted by atomic mass is 16.2. The standard InChI is InChI=1S/C13H23N3O/c17-13(11-4-3-7-14-11)15-10-6-9-16-8-2-1-5-12(10)16/h10-12,14H,1-9H2,(H,15,17). The Labute approximate surface area is 103 Å². The molecular weight excluding hydrogens is 214 g/mol. The predicted octanol–water partition coefficient (Wildman–Crippen LogP) is 0.481. The van der Waals surface area contributed by atoms with Gasteiger partial charge in [0.1, 0.15) is 0 Å². The van der Waals surface area contributed by atoms with Gasteiger partial charge < -0.3 is 10.6 Å². The molecule has 3 saturated heterocycles. The fourth-order valence-electron chi connectivity index (χ4n) is 3.61. The third kappa shape index (κ3) is 2.33. The summed E-state index contributed by atoms with van der Waals surface area (Å²) in [5, 5.41) is 6.55. The molecule has 2 N–H and O–H groups in total. The minimum Gasteiger partial charge on any atom is -0.350 e. The number of rotatable bonds is 2. The van der Waals surface area contributed by atoms with Crippen LogP contribution in [0.5, 0.6) is 0 Å². The Kier molecular flexibility index (Phi) is 3.34. The molecule has 4 nitrogen and oxygen atoms in total. The van der Waals surface area contributed by atoms with E-state index in [1.807, 2.05) is 0 Å². The number of nitrogens with zero attached hydrogens (tertiary/aromatic N) is 1. The Hall–Kier alpha value is -0.610. The lowest BCUT2D eigenvalue weighted by molar-refractivity contribution is -0.123. The predicted molar refractivity (Wildman–Crippen MR) is 66.8 cm³/mol. The number of nitrogens with one attached hydrogen (secondary N) is 2. The molecule has 3 rings (SSSR count). The van der Waals surface area contributed by atoms with Crippen LogP contribution in [0.2, 0.25) is 0 Å². The molecule has 96 valence electrons. The summed E-state index contributed by atoms with van der Waals surface area (Å²) in [7, 11) is 0. The Balaban J connectivity index is 1.56. The maximum absolute atomic E-state index is 12.1. The van der Waals surface area contributed by atoms with Crippen LogP contribution in [-0.2, 0) is 4.79 Å². The quantitative estimate of drug-likeness (QED) is 0.734. The van der Waals surface area contributed by atoms with Crippen molar-refractivity contribution >= 4 is 5.91 Å². The molecule has 0 radical (unpaired) electrons. The van der Waals surface area contributed by atoms with Crippen molar-refractivity contribution in [2.45, 2.75) is 56.7 Å². The Morgan fingerprint density at radius 2 is 2.06 bits per heavy atom. The molecule has 3 aliphatic rings. The summed E-state index contributed by atoms with van der Waals surface area (Å²) >= 11 is 0. The van der Waals surface area contributed by atoms with Crippen LogP contribution < -0.4 is 10.6 Å². The summed E-state index contributed by atoms with van der Waals surface area (Å²) < 4.78 is 0. The number of piperidine rings is 1. The van der Waals surface area contributed by atoms with Gasteiger partial charge in [-0.25, -0.2) is 0 Å². The van der Waals surface area contributed by atoms with Gasteiger partial charge in [-0.1, -0.05) is 6.42 Å². The molecule has 3 heterocycles. The van der Waals surface area contributed by atoms with E-state index in [0.717, 1.165) is 25.8 Å². The van der Waals surface area contributed by atoms with Gasteiger partial charge in [0, 0.05) is 18.6 Å². The first-order valence-corrected chi connectivity index (χ1v) is 7.12. The highest BCUT2D eigenvalue weighted by Crippen LogP contribution is 2.27. The van der Waals surface area contributed by atoms with Crippen LogP contribution in [0.25, 0.3) is 0 Å². The highest BCUT2D eigenvalue weighted by molar-refractivity contribution is 5.82. The molecule has 17 heavy (non-hydrogen) atoms. The van der Waals surface area contributed by atoms with Gasteiger partial charge in [-0.3, -0.25) is 9.69 Å². The first-order valence-electron chi connectivity index (χ1n) is 7.12. The van der Waals surface area contributed by atoms with Crippen molar-refractivity contribution in [2.24, 2.45) is 0 Å². The lowest BCUT2D eigenvalue weighted by Crippen LogP contribution is -2.51. The van der Waals surface area contributed by atoms with Crippen LogP contribution in [0, 0.1) is 0 Å². The number of fused-ring (bicyclic) bond motifs is 1. The molecule has 0 aromatic rings. The second-order valence-electron chi connectivity index (χ2n) is 5.65. The first kappa shape index (κ1) is 11.5. The summed E-state index contributed by atoms with van der Waals surface area (Å²) in [6.07, 6.45) is 7.22. The van der Waals surface area contributed by atoms with E-state index in [1.54, 1.807) is 0 Å². The van der Waals surface area contributed by atoms with Crippen molar-refractivity contribution in [1.82, 2.24) is 15.5 Å².